The van der Waals surface area contributed by atoms with Crippen LogP contribution in [0.3, 0.4) is 0 Å². The monoisotopic (exact) mass is 436 g/mol. The molecule has 3 aromatic rings. The van der Waals surface area contributed by atoms with Gasteiger partial charge < -0.3 is 10.1 Å². The lowest BCUT2D eigenvalue weighted by Gasteiger charge is -2.17. The highest BCUT2D eigenvalue weighted by Crippen LogP contribution is 2.49. The van der Waals surface area contributed by atoms with Crippen molar-refractivity contribution in [1.82, 2.24) is 4.98 Å². The van der Waals surface area contributed by atoms with Gasteiger partial charge in [-0.2, -0.15) is 0 Å². The molecule has 1 saturated carbocycles. The molecule has 1 aromatic heterocycles. The largest absolute Gasteiger partial charge is 0.497 e. The first kappa shape index (κ1) is 21.1. The van der Waals surface area contributed by atoms with E-state index in [9.17, 15) is 13.2 Å². The van der Waals surface area contributed by atoms with Gasteiger partial charge in [-0.05, 0) is 61.2 Å². The zero-order chi connectivity index (χ0) is 22.2. The molecule has 0 atom stereocenters. The minimum Gasteiger partial charge on any atom is -0.497 e. The van der Waals surface area contributed by atoms with Gasteiger partial charge in [-0.1, -0.05) is 30.3 Å². The van der Waals surface area contributed by atoms with Gasteiger partial charge in [0.2, 0.25) is 5.91 Å². The molecule has 1 heterocycles. The van der Waals surface area contributed by atoms with Gasteiger partial charge in [-0.15, -0.1) is 0 Å². The van der Waals surface area contributed by atoms with Gasteiger partial charge in [0.05, 0.1) is 23.1 Å². The smallest absolute Gasteiger partial charge is 0.236 e. The minimum atomic E-state index is -3.33. The molecule has 0 unspecified atom stereocenters. The highest BCUT2D eigenvalue weighted by atomic mass is 32.2. The predicted molar refractivity (Wildman–Crippen MR) is 120 cm³/mol. The third kappa shape index (κ3) is 4.18. The number of amides is 1. The van der Waals surface area contributed by atoms with E-state index < -0.39 is 15.3 Å². The second kappa shape index (κ2) is 7.81. The summed E-state index contributed by atoms with van der Waals surface area (Å²) in [6.07, 6.45) is 2.73. The van der Waals surface area contributed by atoms with Crippen LogP contribution in [0.4, 0.5) is 5.82 Å². The number of carbonyl (C=O) groups is 1. The van der Waals surface area contributed by atoms with Crippen molar-refractivity contribution in [2.24, 2.45) is 0 Å². The van der Waals surface area contributed by atoms with Crippen LogP contribution in [0.15, 0.2) is 65.6 Å². The third-order valence-corrected chi connectivity index (χ3v) is 6.81. The van der Waals surface area contributed by atoms with Crippen LogP contribution < -0.4 is 10.1 Å². The third-order valence-electron chi connectivity index (χ3n) is 5.70. The maximum absolute atomic E-state index is 13.1. The Morgan fingerprint density at radius 1 is 1.06 bits per heavy atom. The van der Waals surface area contributed by atoms with Gasteiger partial charge in [-0.3, -0.25) is 4.79 Å². The molecule has 1 N–H and O–H groups in total. The molecule has 0 aliphatic heterocycles. The molecule has 4 rings (SSSR count). The van der Waals surface area contributed by atoms with Crippen molar-refractivity contribution < 1.29 is 17.9 Å². The van der Waals surface area contributed by atoms with E-state index >= 15 is 0 Å². The van der Waals surface area contributed by atoms with Crippen LogP contribution in [0.5, 0.6) is 5.75 Å². The predicted octanol–water partition coefficient (Wildman–Crippen LogP) is 4.14. The van der Waals surface area contributed by atoms with Crippen LogP contribution in [0.2, 0.25) is 0 Å². The Kier molecular flexibility index (Phi) is 5.31. The first-order chi connectivity index (χ1) is 14.7. The quantitative estimate of drug-likeness (QED) is 0.628. The summed E-state index contributed by atoms with van der Waals surface area (Å²) in [4.78, 5) is 18.0. The summed E-state index contributed by atoms with van der Waals surface area (Å²) in [5.41, 5.74) is 2.62. The molecule has 0 radical (unpaired) electrons. The van der Waals surface area contributed by atoms with Crippen molar-refractivity contribution in [3.05, 3.63) is 71.8 Å². The number of rotatable bonds is 6. The summed E-state index contributed by atoms with van der Waals surface area (Å²) in [5.74, 6) is 1.10. The van der Waals surface area contributed by atoms with E-state index in [0.717, 1.165) is 29.7 Å². The highest BCUT2D eigenvalue weighted by Gasteiger charge is 2.51. The van der Waals surface area contributed by atoms with Crippen molar-refractivity contribution in [2.45, 2.75) is 30.1 Å². The van der Waals surface area contributed by atoms with Gasteiger partial charge in [-0.25, -0.2) is 13.4 Å². The number of sulfone groups is 1. The zero-order valence-corrected chi connectivity index (χ0v) is 18.5. The summed E-state index contributed by atoms with van der Waals surface area (Å²) < 4.78 is 29.0. The van der Waals surface area contributed by atoms with Gasteiger partial charge in [0.1, 0.15) is 11.6 Å². The topological polar surface area (TPSA) is 85.4 Å². The molecule has 2 aromatic carbocycles. The fourth-order valence-corrected chi connectivity index (χ4v) is 4.35. The number of benzene rings is 2. The Labute approximate surface area is 182 Å². The lowest BCUT2D eigenvalue weighted by molar-refractivity contribution is -0.118. The molecule has 31 heavy (non-hydrogen) atoms. The Balaban J connectivity index is 1.61. The fraction of sp³-hybridized carbons (Fsp3) is 0.250. The molecule has 7 heteroatoms. The van der Waals surface area contributed by atoms with Crippen LogP contribution in [-0.4, -0.2) is 32.7 Å². The average Bonchev–Trinajstić information content (AvgIpc) is 3.57. The average molecular weight is 437 g/mol. The Morgan fingerprint density at radius 3 is 2.39 bits per heavy atom. The lowest BCUT2D eigenvalue weighted by atomic mass is 9.95. The number of hydrogen-bond acceptors (Lipinski definition) is 5. The van der Waals surface area contributed by atoms with E-state index in [4.69, 9.17) is 4.74 Å². The minimum absolute atomic E-state index is 0.0927. The van der Waals surface area contributed by atoms with E-state index in [1.54, 1.807) is 31.4 Å². The highest BCUT2D eigenvalue weighted by molar-refractivity contribution is 7.90. The number of pyridine rings is 1. The maximum Gasteiger partial charge on any atom is 0.236 e. The Morgan fingerprint density at radius 2 is 1.77 bits per heavy atom. The van der Waals surface area contributed by atoms with Crippen molar-refractivity contribution in [3.63, 3.8) is 0 Å². The number of carbonyl (C=O) groups excluding carboxylic acids is 1. The van der Waals surface area contributed by atoms with Crippen molar-refractivity contribution in [3.8, 4) is 17.0 Å². The number of nitrogens with zero attached hydrogens (tertiary/aromatic N) is 1. The number of aryl methyl sites for hydroxylation is 1. The van der Waals surface area contributed by atoms with Crippen molar-refractivity contribution >= 4 is 21.6 Å². The van der Waals surface area contributed by atoms with Gasteiger partial charge >= 0.3 is 0 Å². The van der Waals surface area contributed by atoms with Crippen LogP contribution >= 0.6 is 0 Å². The van der Waals surface area contributed by atoms with Crippen LogP contribution in [0.1, 0.15) is 24.0 Å². The van der Waals surface area contributed by atoms with E-state index in [1.807, 2.05) is 43.3 Å². The number of nitrogens with one attached hydrogen (secondary N) is 1. The lowest BCUT2D eigenvalue weighted by Crippen LogP contribution is -2.28. The summed E-state index contributed by atoms with van der Waals surface area (Å²) in [6.45, 7) is 1.90. The van der Waals surface area contributed by atoms with E-state index in [0.29, 0.717) is 17.1 Å². The molecular weight excluding hydrogens is 412 g/mol. The molecule has 1 fully saturated rings. The van der Waals surface area contributed by atoms with Crippen LogP contribution in [0, 0.1) is 6.92 Å². The summed E-state index contributed by atoms with van der Waals surface area (Å²) in [6, 6.07) is 17.9. The molecule has 1 amide bonds. The van der Waals surface area contributed by atoms with E-state index in [-0.39, 0.29) is 10.8 Å². The standard InChI is InChI=1S/C24H24N2O4S/c1-16-7-12-21(25-22(16)17-5-4-6-20(15-17)31(3,28)29)26-23(27)24(13-14-24)18-8-10-19(30-2)11-9-18/h4-12,15H,13-14H2,1-3H3,(H,25,26,27). The molecule has 6 nitrogen and oxygen atoms in total. The molecule has 1 aliphatic carbocycles. The van der Waals surface area contributed by atoms with E-state index in [2.05, 4.69) is 10.3 Å². The Bertz CT molecular complexity index is 1250. The Hall–Kier alpha value is -3.19. The summed E-state index contributed by atoms with van der Waals surface area (Å²) >= 11 is 0. The second-order valence-electron chi connectivity index (χ2n) is 7.93. The summed E-state index contributed by atoms with van der Waals surface area (Å²) in [5, 5.41) is 2.95. The van der Waals surface area contributed by atoms with Gasteiger partial charge in [0.25, 0.3) is 0 Å². The van der Waals surface area contributed by atoms with Gasteiger partial charge in [0, 0.05) is 11.8 Å². The van der Waals surface area contributed by atoms with Gasteiger partial charge in [0.15, 0.2) is 9.84 Å². The first-order valence-corrected chi connectivity index (χ1v) is 11.9. The maximum atomic E-state index is 13.1. The first-order valence-electron chi connectivity index (χ1n) is 9.97. The fourth-order valence-electron chi connectivity index (χ4n) is 3.68. The number of methoxy groups -OCH3 is 1. The zero-order valence-electron chi connectivity index (χ0n) is 17.7. The number of hydrogen-bond donors (Lipinski definition) is 1. The molecule has 0 bridgehead atoms. The molecular formula is C24H24N2O4S. The molecule has 1 aliphatic rings. The number of anilines is 1. The van der Waals surface area contributed by atoms with E-state index in [1.165, 1.54) is 6.26 Å². The van der Waals surface area contributed by atoms with Crippen LogP contribution in [-0.2, 0) is 20.0 Å². The SMILES string of the molecule is COc1ccc(C2(C(=O)Nc3ccc(C)c(-c4cccc(S(C)(=O)=O)c4)n3)CC2)cc1. The second-order valence-corrected chi connectivity index (χ2v) is 9.94. The number of aromatic nitrogens is 1. The van der Waals surface area contributed by atoms with Crippen LogP contribution in [0.25, 0.3) is 11.3 Å². The molecule has 0 saturated heterocycles. The van der Waals surface area contributed by atoms with Crippen molar-refractivity contribution in [2.75, 3.05) is 18.7 Å². The summed E-state index contributed by atoms with van der Waals surface area (Å²) in [7, 11) is -1.72. The normalized spacial score (nSPS) is 14.7. The molecule has 160 valence electrons. The number of ether oxygens (including phenoxy) is 1. The molecule has 0 spiro atoms. The van der Waals surface area contributed by atoms with Crippen molar-refractivity contribution in [1.29, 1.82) is 0 Å².